The van der Waals surface area contributed by atoms with Gasteiger partial charge in [0.15, 0.2) is 5.82 Å². The van der Waals surface area contributed by atoms with Crippen molar-refractivity contribution in [3.8, 4) is 0 Å². The Bertz CT molecular complexity index is 673. The molecule has 2 aromatic carbocycles. The second kappa shape index (κ2) is 5.05. The van der Waals surface area contributed by atoms with Crippen LogP contribution in [0.2, 0.25) is 0 Å². The molecule has 0 aromatic heterocycles. The standard InChI is InChI=1S/C13H7BrF3NO/c14-8-2-3-9(16)11(12(8)17)13(19)7-5-6(15)1-4-10(7)18/h1-5H,18H2. The number of carbonyl (C=O) groups excluding carboxylic acids is 1. The first-order chi connectivity index (χ1) is 8.91. The Kier molecular flexibility index (Phi) is 3.61. The average Bonchev–Trinajstić information content (AvgIpc) is 2.37. The van der Waals surface area contributed by atoms with Crippen LogP contribution in [0, 0.1) is 17.5 Å². The number of benzene rings is 2. The van der Waals surface area contributed by atoms with Gasteiger partial charge in [-0.15, -0.1) is 0 Å². The molecule has 0 bridgehead atoms. The van der Waals surface area contributed by atoms with Crippen LogP contribution in [-0.2, 0) is 0 Å². The Hall–Kier alpha value is -1.82. The zero-order valence-electron chi connectivity index (χ0n) is 9.38. The van der Waals surface area contributed by atoms with Crippen molar-refractivity contribution in [1.29, 1.82) is 0 Å². The normalized spacial score (nSPS) is 10.5. The van der Waals surface area contributed by atoms with Gasteiger partial charge >= 0.3 is 0 Å². The van der Waals surface area contributed by atoms with E-state index >= 15 is 0 Å². The highest BCUT2D eigenvalue weighted by Crippen LogP contribution is 2.26. The van der Waals surface area contributed by atoms with Crippen molar-refractivity contribution in [2.45, 2.75) is 0 Å². The summed E-state index contributed by atoms with van der Waals surface area (Å²) in [6, 6.07) is 5.14. The quantitative estimate of drug-likeness (QED) is 0.519. The summed E-state index contributed by atoms with van der Waals surface area (Å²) in [4.78, 5) is 12.1. The molecule has 2 rings (SSSR count). The molecule has 0 heterocycles. The fourth-order valence-corrected chi connectivity index (χ4v) is 1.93. The molecule has 98 valence electrons. The summed E-state index contributed by atoms with van der Waals surface area (Å²) in [6.45, 7) is 0. The van der Waals surface area contributed by atoms with E-state index in [-0.39, 0.29) is 15.7 Å². The second-order valence-electron chi connectivity index (χ2n) is 3.78. The molecule has 0 saturated carbocycles. The summed E-state index contributed by atoms with van der Waals surface area (Å²) >= 11 is 2.85. The summed E-state index contributed by atoms with van der Waals surface area (Å²) < 4.78 is 40.4. The van der Waals surface area contributed by atoms with Gasteiger partial charge in [-0.1, -0.05) is 0 Å². The first-order valence-corrected chi connectivity index (χ1v) is 5.94. The lowest BCUT2D eigenvalue weighted by atomic mass is 10.0. The number of anilines is 1. The lowest BCUT2D eigenvalue weighted by Gasteiger charge is -2.08. The smallest absolute Gasteiger partial charge is 0.201 e. The molecule has 19 heavy (non-hydrogen) atoms. The van der Waals surface area contributed by atoms with Crippen LogP contribution < -0.4 is 5.73 Å². The molecule has 0 aliphatic rings. The summed E-state index contributed by atoms with van der Waals surface area (Å²) in [7, 11) is 0. The van der Waals surface area contributed by atoms with E-state index in [1.165, 1.54) is 0 Å². The number of hydrogen-bond donors (Lipinski definition) is 1. The zero-order chi connectivity index (χ0) is 14.2. The maximum Gasteiger partial charge on any atom is 0.201 e. The molecule has 2 nitrogen and oxygen atoms in total. The van der Waals surface area contributed by atoms with Gasteiger partial charge in [-0.3, -0.25) is 4.79 Å². The Morgan fingerprint density at radius 3 is 2.47 bits per heavy atom. The van der Waals surface area contributed by atoms with Crippen LogP contribution in [0.5, 0.6) is 0 Å². The van der Waals surface area contributed by atoms with E-state index in [0.717, 1.165) is 30.3 Å². The fourth-order valence-electron chi connectivity index (χ4n) is 1.60. The third-order valence-electron chi connectivity index (χ3n) is 2.53. The fraction of sp³-hybridized carbons (Fsp3) is 0. The van der Waals surface area contributed by atoms with Gasteiger partial charge in [0.2, 0.25) is 5.78 Å². The minimum absolute atomic E-state index is 0.0508. The minimum atomic E-state index is -1.05. The van der Waals surface area contributed by atoms with Crippen molar-refractivity contribution in [3.63, 3.8) is 0 Å². The van der Waals surface area contributed by atoms with E-state index in [1.54, 1.807) is 0 Å². The zero-order valence-corrected chi connectivity index (χ0v) is 11.0. The van der Waals surface area contributed by atoms with Crippen LogP contribution in [-0.4, -0.2) is 5.78 Å². The third-order valence-corrected chi connectivity index (χ3v) is 3.14. The molecule has 0 aliphatic heterocycles. The van der Waals surface area contributed by atoms with Gasteiger partial charge in [0.25, 0.3) is 0 Å². The summed E-state index contributed by atoms with van der Waals surface area (Å²) in [6.07, 6.45) is 0. The van der Waals surface area contributed by atoms with Crippen LogP contribution >= 0.6 is 15.9 Å². The molecule has 0 spiro atoms. The number of rotatable bonds is 2. The van der Waals surface area contributed by atoms with Gasteiger partial charge in [0, 0.05) is 11.3 Å². The molecule has 2 aromatic rings. The minimum Gasteiger partial charge on any atom is -0.398 e. The van der Waals surface area contributed by atoms with Crippen LogP contribution in [0.15, 0.2) is 34.8 Å². The molecule has 0 amide bonds. The van der Waals surface area contributed by atoms with E-state index in [1.807, 2.05) is 0 Å². The number of ketones is 1. The van der Waals surface area contributed by atoms with Gasteiger partial charge < -0.3 is 5.73 Å². The first kappa shape index (κ1) is 13.6. The number of nitrogens with two attached hydrogens (primary N) is 1. The van der Waals surface area contributed by atoms with E-state index in [0.29, 0.717) is 0 Å². The van der Waals surface area contributed by atoms with Crippen LogP contribution in [0.25, 0.3) is 0 Å². The molecular weight excluding hydrogens is 323 g/mol. The average molecular weight is 330 g/mol. The molecule has 2 N–H and O–H groups in total. The largest absolute Gasteiger partial charge is 0.398 e. The number of nitrogen functional groups attached to an aromatic ring is 1. The summed E-state index contributed by atoms with van der Waals surface area (Å²) in [5.74, 6) is -3.80. The van der Waals surface area contributed by atoms with Gasteiger partial charge in [-0.05, 0) is 46.3 Å². The highest BCUT2D eigenvalue weighted by Gasteiger charge is 2.23. The van der Waals surface area contributed by atoms with Crippen LogP contribution in [0.3, 0.4) is 0 Å². The number of halogens is 4. The maximum absolute atomic E-state index is 13.8. The summed E-state index contributed by atoms with van der Waals surface area (Å²) in [5, 5.41) is 0. The van der Waals surface area contributed by atoms with Gasteiger partial charge in [-0.25, -0.2) is 13.2 Å². The van der Waals surface area contributed by atoms with Crippen molar-refractivity contribution in [2.75, 3.05) is 5.73 Å². The molecular formula is C13H7BrF3NO. The topological polar surface area (TPSA) is 43.1 Å². The van der Waals surface area contributed by atoms with Gasteiger partial charge in [-0.2, -0.15) is 0 Å². The monoisotopic (exact) mass is 329 g/mol. The van der Waals surface area contributed by atoms with Crippen LogP contribution in [0.4, 0.5) is 18.9 Å². The van der Waals surface area contributed by atoms with Crippen molar-refractivity contribution >= 4 is 27.4 Å². The first-order valence-electron chi connectivity index (χ1n) is 5.15. The van der Waals surface area contributed by atoms with Crippen molar-refractivity contribution in [2.24, 2.45) is 0 Å². The van der Waals surface area contributed by atoms with Crippen molar-refractivity contribution in [1.82, 2.24) is 0 Å². The molecule has 0 saturated heterocycles. The van der Waals surface area contributed by atoms with Crippen molar-refractivity contribution in [3.05, 3.63) is 63.4 Å². The van der Waals surface area contributed by atoms with E-state index in [4.69, 9.17) is 5.73 Å². The highest BCUT2D eigenvalue weighted by molar-refractivity contribution is 9.10. The molecule has 0 fully saturated rings. The third kappa shape index (κ3) is 2.49. The van der Waals surface area contributed by atoms with E-state index in [9.17, 15) is 18.0 Å². The lowest BCUT2D eigenvalue weighted by molar-refractivity contribution is 0.103. The van der Waals surface area contributed by atoms with Crippen molar-refractivity contribution < 1.29 is 18.0 Å². The highest BCUT2D eigenvalue weighted by atomic mass is 79.9. The second-order valence-corrected chi connectivity index (χ2v) is 4.63. The maximum atomic E-state index is 13.8. The predicted molar refractivity (Wildman–Crippen MR) is 68.3 cm³/mol. The lowest BCUT2D eigenvalue weighted by Crippen LogP contribution is -2.11. The summed E-state index contributed by atoms with van der Waals surface area (Å²) in [5.41, 5.74) is 4.42. The van der Waals surface area contributed by atoms with Gasteiger partial charge in [0.05, 0.1) is 10.0 Å². The number of hydrogen-bond acceptors (Lipinski definition) is 2. The molecule has 0 aliphatic carbocycles. The predicted octanol–water partition coefficient (Wildman–Crippen LogP) is 3.68. The Morgan fingerprint density at radius 2 is 1.79 bits per heavy atom. The Labute approximate surface area is 115 Å². The molecule has 0 radical (unpaired) electrons. The van der Waals surface area contributed by atoms with E-state index in [2.05, 4.69) is 15.9 Å². The van der Waals surface area contributed by atoms with E-state index < -0.39 is 28.8 Å². The van der Waals surface area contributed by atoms with Crippen LogP contribution in [0.1, 0.15) is 15.9 Å². The number of carbonyl (C=O) groups is 1. The Balaban J connectivity index is 2.63. The Morgan fingerprint density at radius 1 is 1.11 bits per heavy atom. The molecule has 0 atom stereocenters. The molecule has 6 heteroatoms. The molecule has 0 unspecified atom stereocenters. The SMILES string of the molecule is Nc1ccc(F)cc1C(=O)c1c(F)ccc(Br)c1F. The van der Waals surface area contributed by atoms with Gasteiger partial charge in [0.1, 0.15) is 11.6 Å².